The molecule has 114 valence electrons. The molecule has 2 aromatic heterocycles. The van der Waals surface area contributed by atoms with Crippen molar-refractivity contribution in [1.29, 1.82) is 0 Å². The lowest BCUT2D eigenvalue weighted by molar-refractivity contribution is 0.629. The van der Waals surface area contributed by atoms with Gasteiger partial charge in [0, 0.05) is 11.6 Å². The summed E-state index contributed by atoms with van der Waals surface area (Å²) >= 11 is 0. The van der Waals surface area contributed by atoms with Crippen LogP contribution in [-0.2, 0) is 0 Å². The fourth-order valence-electron chi connectivity index (χ4n) is 3.17. The molecule has 0 spiro atoms. The first-order valence-corrected chi connectivity index (χ1v) is 7.56. The first kappa shape index (κ1) is 13.9. The number of aryl methyl sites for hydroxylation is 3. The topological polar surface area (TPSA) is 30.2 Å². The van der Waals surface area contributed by atoms with Crippen LogP contribution in [0.1, 0.15) is 17.0 Å². The molecule has 0 aliphatic heterocycles. The van der Waals surface area contributed by atoms with Crippen molar-refractivity contribution >= 4 is 16.6 Å². The van der Waals surface area contributed by atoms with Crippen LogP contribution in [0.15, 0.2) is 42.5 Å². The van der Waals surface area contributed by atoms with Gasteiger partial charge in [-0.25, -0.2) is 14.4 Å². The van der Waals surface area contributed by atoms with E-state index in [1.807, 2.05) is 30.4 Å². The van der Waals surface area contributed by atoms with Gasteiger partial charge in [-0.05, 0) is 39.0 Å². The number of nitrogens with zero attached hydrogens (tertiary/aromatic N) is 3. The van der Waals surface area contributed by atoms with Gasteiger partial charge in [-0.15, -0.1) is 0 Å². The molecule has 0 bridgehead atoms. The van der Waals surface area contributed by atoms with Crippen LogP contribution in [0, 0.1) is 26.6 Å². The van der Waals surface area contributed by atoms with Crippen LogP contribution in [0.25, 0.3) is 27.9 Å². The van der Waals surface area contributed by atoms with Gasteiger partial charge in [0.2, 0.25) is 0 Å². The molecule has 0 N–H and O–H groups in total. The van der Waals surface area contributed by atoms with Gasteiger partial charge in [0.05, 0.1) is 27.9 Å². The van der Waals surface area contributed by atoms with Crippen LogP contribution in [0.4, 0.5) is 4.39 Å². The first-order valence-electron chi connectivity index (χ1n) is 7.56. The van der Waals surface area contributed by atoms with Crippen LogP contribution in [0.3, 0.4) is 0 Å². The third-order valence-electron chi connectivity index (χ3n) is 4.14. The van der Waals surface area contributed by atoms with E-state index in [1.165, 1.54) is 12.1 Å². The molecule has 0 atom stereocenters. The second-order valence-electron chi connectivity index (χ2n) is 5.90. The Bertz CT molecular complexity index is 1060. The molecule has 0 fully saturated rings. The molecule has 2 aromatic carbocycles. The van der Waals surface area contributed by atoms with E-state index in [-0.39, 0.29) is 5.82 Å². The van der Waals surface area contributed by atoms with Gasteiger partial charge >= 0.3 is 0 Å². The Morgan fingerprint density at radius 1 is 0.913 bits per heavy atom. The van der Waals surface area contributed by atoms with Crippen molar-refractivity contribution in [3.63, 3.8) is 0 Å². The Morgan fingerprint density at radius 2 is 1.70 bits per heavy atom. The zero-order valence-electron chi connectivity index (χ0n) is 13.3. The SMILES string of the molecule is Cc1cccc(-c2nc(C)c3c(C)nc4ccc(F)cc4n23)c1. The van der Waals surface area contributed by atoms with Gasteiger partial charge in [0.15, 0.2) is 0 Å². The van der Waals surface area contributed by atoms with E-state index in [9.17, 15) is 4.39 Å². The zero-order chi connectivity index (χ0) is 16.1. The molecule has 0 radical (unpaired) electrons. The molecule has 0 aliphatic rings. The lowest BCUT2D eigenvalue weighted by Crippen LogP contribution is -1.98. The lowest BCUT2D eigenvalue weighted by atomic mass is 10.1. The van der Waals surface area contributed by atoms with E-state index in [1.54, 1.807) is 6.07 Å². The molecule has 3 nitrogen and oxygen atoms in total. The van der Waals surface area contributed by atoms with Gasteiger partial charge in [-0.1, -0.05) is 23.8 Å². The fraction of sp³-hybridized carbons (Fsp3) is 0.158. The summed E-state index contributed by atoms with van der Waals surface area (Å²) in [7, 11) is 0. The second-order valence-corrected chi connectivity index (χ2v) is 5.90. The Kier molecular flexibility index (Phi) is 2.94. The highest BCUT2D eigenvalue weighted by Crippen LogP contribution is 2.29. The first-order chi connectivity index (χ1) is 11.0. The van der Waals surface area contributed by atoms with Gasteiger partial charge in [0.1, 0.15) is 11.6 Å². The number of halogens is 1. The molecule has 2 heterocycles. The number of aromatic nitrogens is 3. The van der Waals surface area contributed by atoms with Gasteiger partial charge in [-0.2, -0.15) is 0 Å². The number of hydrogen-bond donors (Lipinski definition) is 0. The third-order valence-corrected chi connectivity index (χ3v) is 4.14. The summed E-state index contributed by atoms with van der Waals surface area (Å²) < 4.78 is 15.8. The predicted molar refractivity (Wildman–Crippen MR) is 90.1 cm³/mol. The van der Waals surface area contributed by atoms with Gasteiger partial charge < -0.3 is 0 Å². The quantitative estimate of drug-likeness (QED) is 0.514. The number of imidazole rings is 1. The molecular weight excluding hydrogens is 289 g/mol. The molecule has 4 aromatic rings. The smallest absolute Gasteiger partial charge is 0.145 e. The summed E-state index contributed by atoms with van der Waals surface area (Å²) in [6.07, 6.45) is 0. The Labute approximate surface area is 133 Å². The average molecular weight is 305 g/mol. The maximum atomic E-state index is 13.8. The number of fused-ring (bicyclic) bond motifs is 3. The van der Waals surface area contributed by atoms with Crippen molar-refractivity contribution in [2.75, 3.05) is 0 Å². The number of hydrogen-bond acceptors (Lipinski definition) is 2. The number of rotatable bonds is 1. The Morgan fingerprint density at radius 3 is 2.48 bits per heavy atom. The fourth-order valence-corrected chi connectivity index (χ4v) is 3.17. The molecule has 0 aliphatic carbocycles. The van der Waals surface area contributed by atoms with Crippen molar-refractivity contribution < 1.29 is 4.39 Å². The van der Waals surface area contributed by atoms with E-state index in [2.05, 4.69) is 24.0 Å². The van der Waals surface area contributed by atoms with Crippen LogP contribution in [0.2, 0.25) is 0 Å². The minimum Gasteiger partial charge on any atom is -0.289 e. The predicted octanol–water partition coefficient (Wildman–Crippen LogP) is 4.61. The number of benzene rings is 2. The molecular formula is C19H16FN3. The van der Waals surface area contributed by atoms with E-state index in [0.29, 0.717) is 0 Å². The second kappa shape index (κ2) is 4.88. The van der Waals surface area contributed by atoms with Crippen LogP contribution < -0.4 is 0 Å². The van der Waals surface area contributed by atoms with E-state index < -0.39 is 0 Å². The van der Waals surface area contributed by atoms with Crippen molar-refractivity contribution in [2.24, 2.45) is 0 Å². The third kappa shape index (κ3) is 2.10. The average Bonchev–Trinajstić information content (AvgIpc) is 2.87. The molecule has 0 saturated carbocycles. The standard InChI is InChI=1S/C19H16FN3/c1-11-5-4-6-14(9-11)19-22-13(3)18-12(2)21-16-8-7-15(20)10-17(16)23(18)19/h4-10H,1-3H3. The highest BCUT2D eigenvalue weighted by Gasteiger charge is 2.16. The maximum Gasteiger partial charge on any atom is 0.145 e. The molecule has 23 heavy (non-hydrogen) atoms. The summed E-state index contributed by atoms with van der Waals surface area (Å²) in [6, 6.07) is 12.9. The Hall–Kier alpha value is -2.75. The molecule has 0 amide bonds. The summed E-state index contributed by atoms with van der Waals surface area (Å²) in [5, 5.41) is 0. The van der Waals surface area contributed by atoms with E-state index in [0.717, 1.165) is 44.9 Å². The molecule has 0 unspecified atom stereocenters. The highest BCUT2D eigenvalue weighted by molar-refractivity contribution is 5.83. The monoisotopic (exact) mass is 305 g/mol. The van der Waals surface area contributed by atoms with Crippen molar-refractivity contribution in [2.45, 2.75) is 20.8 Å². The summed E-state index contributed by atoms with van der Waals surface area (Å²) in [4.78, 5) is 9.35. The normalized spacial score (nSPS) is 11.5. The molecule has 4 heteroatoms. The Balaban J connectivity index is 2.21. The van der Waals surface area contributed by atoms with Crippen molar-refractivity contribution in [3.05, 3.63) is 65.2 Å². The lowest BCUT2D eigenvalue weighted by Gasteiger charge is -2.09. The maximum absolute atomic E-state index is 13.8. The largest absolute Gasteiger partial charge is 0.289 e. The molecule has 4 rings (SSSR count). The summed E-state index contributed by atoms with van der Waals surface area (Å²) in [6.45, 7) is 5.98. The highest BCUT2D eigenvalue weighted by atomic mass is 19.1. The zero-order valence-corrected chi connectivity index (χ0v) is 13.3. The van der Waals surface area contributed by atoms with E-state index in [4.69, 9.17) is 4.98 Å². The van der Waals surface area contributed by atoms with Crippen molar-refractivity contribution in [3.8, 4) is 11.4 Å². The van der Waals surface area contributed by atoms with Crippen molar-refractivity contribution in [1.82, 2.24) is 14.4 Å². The molecule has 0 saturated heterocycles. The minimum atomic E-state index is -0.272. The van der Waals surface area contributed by atoms with Crippen LogP contribution >= 0.6 is 0 Å². The summed E-state index contributed by atoms with van der Waals surface area (Å²) in [5.74, 6) is 0.549. The minimum absolute atomic E-state index is 0.272. The van der Waals surface area contributed by atoms with Gasteiger partial charge in [0.25, 0.3) is 0 Å². The van der Waals surface area contributed by atoms with Crippen LogP contribution in [0.5, 0.6) is 0 Å². The van der Waals surface area contributed by atoms with Gasteiger partial charge in [-0.3, -0.25) is 4.40 Å². The van der Waals surface area contributed by atoms with E-state index >= 15 is 0 Å². The summed E-state index contributed by atoms with van der Waals surface area (Å²) in [5.41, 5.74) is 6.43. The van der Waals surface area contributed by atoms with Crippen LogP contribution in [-0.4, -0.2) is 14.4 Å².